The highest BCUT2D eigenvalue weighted by Gasteiger charge is 2.30. The second kappa shape index (κ2) is 19.0. The van der Waals surface area contributed by atoms with Crippen LogP contribution in [0.4, 0.5) is 20.1 Å². The van der Waals surface area contributed by atoms with Crippen LogP contribution in [0.1, 0.15) is 86.3 Å². The number of anilines is 1. The van der Waals surface area contributed by atoms with Gasteiger partial charge in [-0.3, -0.25) is 19.7 Å². The summed E-state index contributed by atoms with van der Waals surface area (Å²) >= 11 is 0. The number of benzene rings is 2. The lowest BCUT2D eigenvalue weighted by Gasteiger charge is -2.25. The fraction of sp³-hybridized carbons (Fsp3) is 0.526. The summed E-state index contributed by atoms with van der Waals surface area (Å²) in [6.45, 7) is 16.5. The Kier molecular flexibility index (Phi) is 15.7. The minimum Gasteiger partial charge on any atom is -0.508 e. The molecule has 0 aliphatic rings. The molecule has 0 bridgehead atoms. The van der Waals surface area contributed by atoms with E-state index in [1.165, 1.54) is 6.07 Å². The SMILES string of the molecule is Cc1cc(-c2ccc(O)c(C[C@H](NC(=O)OC(C)(C)C)C(=O)N[C@@H](CCCNC(=O)OC(C)(C)C)C(=O)NCC(=O)O)c2)ccc1NC(=O)OC(C)(C)C. The lowest BCUT2D eigenvalue weighted by atomic mass is 9.96. The highest BCUT2D eigenvalue weighted by atomic mass is 16.6. The first-order valence-electron chi connectivity index (χ1n) is 17.5. The number of ether oxygens (including phenoxy) is 3. The highest BCUT2D eigenvalue weighted by molar-refractivity contribution is 5.92. The van der Waals surface area contributed by atoms with Gasteiger partial charge in [0.1, 0.15) is 41.2 Å². The molecule has 0 spiro atoms. The van der Waals surface area contributed by atoms with Gasteiger partial charge in [-0.2, -0.15) is 0 Å². The minimum atomic E-state index is -1.38. The van der Waals surface area contributed by atoms with Crippen molar-refractivity contribution in [2.45, 2.75) is 117 Å². The van der Waals surface area contributed by atoms with E-state index < -0.39 is 71.5 Å². The van der Waals surface area contributed by atoms with Gasteiger partial charge in [0.25, 0.3) is 0 Å². The molecule has 0 unspecified atom stereocenters. The zero-order valence-electron chi connectivity index (χ0n) is 32.7. The third-order valence-corrected chi connectivity index (χ3v) is 7.09. The first-order valence-corrected chi connectivity index (χ1v) is 17.5. The van der Waals surface area contributed by atoms with Crippen molar-refractivity contribution in [3.8, 4) is 16.9 Å². The van der Waals surface area contributed by atoms with Gasteiger partial charge in [0.05, 0.1) is 0 Å². The molecule has 5 amide bonds. The van der Waals surface area contributed by atoms with Gasteiger partial charge in [0.2, 0.25) is 11.8 Å². The second-order valence-electron chi connectivity index (χ2n) is 15.6. The number of amides is 5. The first kappa shape index (κ1) is 44.6. The fourth-order valence-corrected chi connectivity index (χ4v) is 4.84. The van der Waals surface area contributed by atoms with Gasteiger partial charge in [-0.25, -0.2) is 14.4 Å². The summed E-state index contributed by atoms with van der Waals surface area (Å²) < 4.78 is 15.9. The maximum atomic E-state index is 13.8. The van der Waals surface area contributed by atoms with Crippen molar-refractivity contribution in [1.29, 1.82) is 0 Å². The number of aromatic hydroxyl groups is 1. The predicted octanol–water partition coefficient (Wildman–Crippen LogP) is 5.14. The van der Waals surface area contributed by atoms with Crippen LogP contribution in [0.5, 0.6) is 5.75 Å². The summed E-state index contributed by atoms with van der Waals surface area (Å²) in [6.07, 6.45) is -2.30. The first-order chi connectivity index (χ1) is 24.8. The molecule has 0 aromatic heterocycles. The maximum absolute atomic E-state index is 13.8. The van der Waals surface area contributed by atoms with Gasteiger partial charge < -0.3 is 45.7 Å². The van der Waals surface area contributed by atoms with E-state index in [0.717, 1.165) is 11.1 Å². The van der Waals surface area contributed by atoms with Crippen LogP contribution in [0.25, 0.3) is 11.1 Å². The maximum Gasteiger partial charge on any atom is 0.412 e. The average molecular weight is 758 g/mol. The third kappa shape index (κ3) is 16.9. The highest BCUT2D eigenvalue weighted by Crippen LogP contribution is 2.30. The zero-order valence-corrected chi connectivity index (χ0v) is 32.7. The van der Waals surface area contributed by atoms with Crippen LogP contribution in [-0.2, 0) is 35.0 Å². The number of rotatable bonds is 14. The summed E-state index contributed by atoms with van der Waals surface area (Å²) in [6, 6.07) is 7.39. The van der Waals surface area contributed by atoms with E-state index in [0.29, 0.717) is 11.3 Å². The average Bonchev–Trinajstić information content (AvgIpc) is 3.00. The van der Waals surface area contributed by atoms with E-state index in [1.807, 2.05) is 6.07 Å². The van der Waals surface area contributed by atoms with Crippen LogP contribution in [0.2, 0.25) is 0 Å². The van der Waals surface area contributed by atoms with Gasteiger partial charge in [-0.15, -0.1) is 0 Å². The Labute approximate surface area is 316 Å². The predicted molar refractivity (Wildman–Crippen MR) is 201 cm³/mol. The normalized spacial score (nSPS) is 12.7. The number of hydrogen-bond donors (Lipinski definition) is 7. The summed E-state index contributed by atoms with van der Waals surface area (Å²) in [7, 11) is 0. The van der Waals surface area contributed by atoms with E-state index in [1.54, 1.807) is 93.5 Å². The Bertz CT molecular complexity index is 1670. The molecule has 0 radical (unpaired) electrons. The molecular weight excluding hydrogens is 702 g/mol. The van der Waals surface area contributed by atoms with Gasteiger partial charge >= 0.3 is 24.2 Å². The van der Waals surface area contributed by atoms with Gasteiger partial charge in [0.15, 0.2) is 0 Å². The number of carbonyl (C=O) groups excluding carboxylic acids is 5. The number of nitrogens with one attached hydrogen (secondary N) is 5. The Morgan fingerprint density at radius 1 is 0.685 bits per heavy atom. The van der Waals surface area contributed by atoms with Crippen molar-refractivity contribution in [2.24, 2.45) is 0 Å². The molecule has 2 aromatic carbocycles. The number of alkyl carbamates (subject to hydrolysis) is 2. The Balaban J connectivity index is 2.37. The van der Waals surface area contributed by atoms with Crippen molar-refractivity contribution in [2.75, 3.05) is 18.4 Å². The third-order valence-electron chi connectivity index (χ3n) is 7.09. The molecule has 54 heavy (non-hydrogen) atoms. The molecule has 0 saturated carbocycles. The molecule has 2 rings (SSSR count). The van der Waals surface area contributed by atoms with Crippen LogP contribution in [0.15, 0.2) is 36.4 Å². The largest absolute Gasteiger partial charge is 0.508 e. The van der Waals surface area contributed by atoms with Gasteiger partial charge in [0, 0.05) is 18.7 Å². The Morgan fingerprint density at radius 3 is 1.81 bits per heavy atom. The number of aliphatic carboxylic acids is 1. The fourth-order valence-electron chi connectivity index (χ4n) is 4.84. The molecule has 0 fully saturated rings. The number of carboxylic acid groups (broad SMARTS) is 1. The second-order valence-corrected chi connectivity index (χ2v) is 15.6. The van der Waals surface area contributed by atoms with Crippen LogP contribution >= 0.6 is 0 Å². The van der Waals surface area contributed by atoms with Gasteiger partial charge in [-0.05, 0) is 129 Å². The van der Waals surface area contributed by atoms with Crippen LogP contribution in [0.3, 0.4) is 0 Å². The summed E-state index contributed by atoms with van der Waals surface area (Å²) in [5, 5.41) is 32.6. The van der Waals surface area contributed by atoms with Crippen molar-refractivity contribution >= 4 is 41.8 Å². The molecular formula is C38H55N5O11. The lowest BCUT2D eigenvalue weighted by Crippen LogP contribution is -2.55. The molecule has 0 heterocycles. The summed E-state index contributed by atoms with van der Waals surface area (Å²) in [4.78, 5) is 75.3. The molecule has 7 N–H and O–H groups in total. The van der Waals surface area contributed by atoms with Crippen LogP contribution in [-0.4, -0.2) is 88.3 Å². The smallest absolute Gasteiger partial charge is 0.412 e. The van der Waals surface area contributed by atoms with Crippen molar-refractivity contribution in [3.63, 3.8) is 0 Å². The van der Waals surface area contributed by atoms with E-state index in [-0.39, 0.29) is 37.1 Å². The van der Waals surface area contributed by atoms with Crippen molar-refractivity contribution in [1.82, 2.24) is 21.3 Å². The Morgan fingerprint density at radius 2 is 1.24 bits per heavy atom. The zero-order chi connectivity index (χ0) is 41.0. The Hall–Kier alpha value is -5.54. The minimum absolute atomic E-state index is 0.0228. The van der Waals surface area contributed by atoms with E-state index in [4.69, 9.17) is 19.3 Å². The number of carboxylic acids is 1. The summed E-state index contributed by atoms with van der Waals surface area (Å²) in [5.74, 6) is -3.10. The molecule has 0 aliphatic heterocycles. The van der Waals surface area contributed by atoms with E-state index in [2.05, 4.69) is 26.6 Å². The number of phenols is 1. The topological polar surface area (TPSA) is 231 Å². The molecule has 2 aromatic rings. The lowest BCUT2D eigenvalue weighted by molar-refractivity contribution is -0.138. The summed E-state index contributed by atoms with van der Waals surface area (Å²) in [5.41, 5.74) is 0.571. The molecule has 0 saturated heterocycles. The molecule has 2 atom stereocenters. The number of carbonyl (C=O) groups is 6. The monoisotopic (exact) mass is 757 g/mol. The molecule has 16 nitrogen and oxygen atoms in total. The number of phenolic OH excluding ortho intramolecular Hbond substituents is 1. The molecule has 16 heteroatoms. The quantitative estimate of drug-likeness (QED) is 0.0985. The van der Waals surface area contributed by atoms with E-state index in [9.17, 15) is 33.9 Å². The van der Waals surface area contributed by atoms with Crippen molar-refractivity contribution < 1.29 is 53.2 Å². The van der Waals surface area contributed by atoms with E-state index >= 15 is 0 Å². The number of hydrogen-bond acceptors (Lipinski definition) is 10. The van der Waals surface area contributed by atoms with Crippen molar-refractivity contribution in [3.05, 3.63) is 47.5 Å². The van der Waals surface area contributed by atoms with Gasteiger partial charge in [-0.1, -0.05) is 12.1 Å². The standard InChI is InChI=1S/C38H55N5O11/c1-22-18-23(13-15-26(22)42-34(50)53-37(5,6)7)24-14-16-29(44)25(19-24)20-28(43-35(51)54-38(8,9)10)32(48)41-27(31(47)40-21-30(45)46)12-11-17-39-33(49)52-36(2,3)4/h13-16,18-19,27-28,44H,11-12,17,20-21H2,1-10H3,(H,39,49)(H,40,47)(H,41,48)(H,42,50)(H,43,51)(H,45,46)/t27-,28-/m0/s1. The number of aryl methyl sites for hydroxylation is 1. The molecule has 298 valence electrons. The molecule has 0 aliphatic carbocycles. The van der Waals surface area contributed by atoms with Crippen LogP contribution < -0.4 is 26.6 Å². The van der Waals surface area contributed by atoms with Crippen LogP contribution in [0, 0.1) is 6.92 Å².